The number of aliphatic carboxylic acids is 1. The van der Waals surface area contributed by atoms with Gasteiger partial charge in [0.1, 0.15) is 0 Å². The number of carboxylic acid groups (broad SMARTS) is 1. The molecule has 1 aliphatic carbocycles. The van der Waals surface area contributed by atoms with E-state index in [2.05, 4.69) is 32.9 Å². The second-order valence-electron chi connectivity index (χ2n) is 5.36. The molecule has 0 amide bonds. The fourth-order valence-corrected chi connectivity index (χ4v) is 3.05. The van der Waals surface area contributed by atoms with Crippen molar-refractivity contribution in [2.24, 2.45) is 17.3 Å². The third kappa shape index (κ3) is 1.62. The number of carbonyl (C=O) groups is 1. The SMILES string of the molecule is CC(c1ccccc1)[C@@H]1[C@@H](C(=O)O)C1(C)C. The summed E-state index contributed by atoms with van der Waals surface area (Å²) in [6, 6.07) is 10.2. The first-order valence-corrected chi connectivity index (χ1v) is 5.74. The Labute approximate surface area is 96.3 Å². The molecule has 0 radical (unpaired) electrons. The van der Waals surface area contributed by atoms with E-state index in [4.69, 9.17) is 5.11 Å². The van der Waals surface area contributed by atoms with E-state index in [0.717, 1.165) is 0 Å². The highest BCUT2D eigenvalue weighted by molar-refractivity contribution is 5.75. The molecule has 0 spiro atoms. The zero-order valence-electron chi connectivity index (χ0n) is 9.97. The third-order valence-electron chi connectivity index (χ3n) is 4.04. The Kier molecular flexibility index (Phi) is 2.53. The minimum atomic E-state index is -0.655. The molecule has 1 N–H and O–H groups in total. The summed E-state index contributed by atoms with van der Waals surface area (Å²) >= 11 is 0. The van der Waals surface area contributed by atoms with Crippen LogP contribution in [0.25, 0.3) is 0 Å². The molecule has 0 aromatic heterocycles. The van der Waals surface area contributed by atoms with Gasteiger partial charge in [-0.15, -0.1) is 0 Å². The lowest BCUT2D eigenvalue weighted by atomic mass is 9.92. The maximum atomic E-state index is 11.1. The maximum Gasteiger partial charge on any atom is 0.307 e. The average molecular weight is 218 g/mol. The number of rotatable bonds is 3. The van der Waals surface area contributed by atoms with Crippen molar-refractivity contribution < 1.29 is 9.90 Å². The Balaban J connectivity index is 2.19. The molecule has 3 atom stereocenters. The van der Waals surface area contributed by atoms with Gasteiger partial charge >= 0.3 is 5.97 Å². The summed E-state index contributed by atoms with van der Waals surface area (Å²) in [5, 5.41) is 9.16. The summed E-state index contributed by atoms with van der Waals surface area (Å²) < 4.78 is 0. The lowest BCUT2D eigenvalue weighted by molar-refractivity contribution is -0.139. The van der Waals surface area contributed by atoms with Crippen LogP contribution in [0.5, 0.6) is 0 Å². The Hall–Kier alpha value is -1.31. The summed E-state index contributed by atoms with van der Waals surface area (Å²) in [4.78, 5) is 11.1. The Morgan fingerprint density at radius 1 is 1.31 bits per heavy atom. The molecule has 1 saturated carbocycles. The molecule has 2 nitrogen and oxygen atoms in total. The molecule has 0 saturated heterocycles. The van der Waals surface area contributed by atoms with Crippen LogP contribution in [-0.2, 0) is 4.79 Å². The van der Waals surface area contributed by atoms with Crippen LogP contribution in [0, 0.1) is 17.3 Å². The van der Waals surface area contributed by atoms with Gasteiger partial charge in [0.15, 0.2) is 0 Å². The van der Waals surface area contributed by atoms with Crippen LogP contribution in [0.15, 0.2) is 30.3 Å². The van der Waals surface area contributed by atoms with E-state index in [9.17, 15) is 4.79 Å². The van der Waals surface area contributed by atoms with Gasteiger partial charge in [0.25, 0.3) is 0 Å². The second kappa shape index (κ2) is 3.62. The van der Waals surface area contributed by atoms with Gasteiger partial charge < -0.3 is 5.11 Å². The van der Waals surface area contributed by atoms with Crippen molar-refractivity contribution in [2.75, 3.05) is 0 Å². The molecule has 1 fully saturated rings. The van der Waals surface area contributed by atoms with E-state index in [-0.39, 0.29) is 17.3 Å². The zero-order chi connectivity index (χ0) is 11.9. The van der Waals surface area contributed by atoms with Gasteiger partial charge in [0.2, 0.25) is 0 Å². The quantitative estimate of drug-likeness (QED) is 0.846. The summed E-state index contributed by atoms with van der Waals surface area (Å²) in [5.74, 6) is -0.273. The molecule has 0 heterocycles. The molecule has 1 aliphatic rings. The van der Waals surface area contributed by atoms with E-state index >= 15 is 0 Å². The molecular weight excluding hydrogens is 200 g/mol. The van der Waals surface area contributed by atoms with E-state index in [1.54, 1.807) is 0 Å². The predicted octanol–water partition coefficient (Wildman–Crippen LogP) is 3.15. The molecule has 86 valence electrons. The molecule has 2 rings (SSSR count). The number of hydrogen-bond donors (Lipinski definition) is 1. The van der Waals surface area contributed by atoms with Gasteiger partial charge in [-0.1, -0.05) is 51.1 Å². The standard InChI is InChI=1S/C14H18O2/c1-9(10-7-5-4-6-8-10)11-12(13(15)16)14(11,2)3/h4-9,11-12H,1-3H3,(H,15,16)/t9?,11-,12+/m1/s1. The lowest BCUT2D eigenvalue weighted by Crippen LogP contribution is -2.04. The molecule has 2 heteroatoms. The van der Waals surface area contributed by atoms with Crippen molar-refractivity contribution in [2.45, 2.75) is 26.7 Å². The van der Waals surface area contributed by atoms with Crippen LogP contribution < -0.4 is 0 Å². The highest BCUT2D eigenvalue weighted by Crippen LogP contribution is 2.63. The first kappa shape index (κ1) is 11.2. The van der Waals surface area contributed by atoms with Crippen molar-refractivity contribution in [3.8, 4) is 0 Å². The molecule has 1 unspecified atom stereocenters. The summed E-state index contributed by atoms with van der Waals surface area (Å²) in [5.41, 5.74) is 1.17. The fraction of sp³-hybridized carbons (Fsp3) is 0.500. The van der Waals surface area contributed by atoms with Crippen LogP contribution in [0.3, 0.4) is 0 Å². The third-order valence-corrected chi connectivity index (χ3v) is 4.04. The van der Waals surface area contributed by atoms with E-state index < -0.39 is 5.97 Å². The van der Waals surface area contributed by atoms with Gasteiger partial charge in [0, 0.05) is 0 Å². The second-order valence-corrected chi connectivity index (χ2v) is 5.36. The van der Waals surface area contributed by atoms with Gasteiger partial charge in [-0.3, -0.25) is 4.79 Å². The van der Waals surface area contributed by atoms with Crippen molar-refractivity contribution in [3.63, 3.8) is 0 Å². The lowest BCUT2D eigenvalue weighted by Gasteiger charge is -2.12. The Morgan fingerprint density at radius 2 is 1.88 bits per heavy atom. The van der Waals surface area contributed by atoms with E-state index in [0.29, 0.717) is 5.92 Å². The largest absolute Gasteiger partial charge is 0.481 e. The van der Waals surface area contributed by atoms with E-state index in [1.807, 2.05) is 18.2 Å². The minimum absolute atomic E-state index is 0.0684. The fourth-order valence-electron chi connectivity index (χ4n) is 3.05. The van der Waals surface area contributed by atoms with Crippen molar-refractivity contribution in [1.29, 1.82) is 0 Å². The smallest absolute Gasteiger partial charge is 0.307 e. The first-order chi connectivity index (χ1) is 7.46. The summed E-state index contributed by atoms with van der Waals surface area (Å²) in [7, 11) is 0. The van der Waals surface area contributed by atoms with Gasteiger partial charge in [-0.25, -0.2) is 0 Å². The zero-order valence-corrected chi connectivity index (χ0v) is 9.97. The van der Waals surface area contributed by atoms with Gasteiger partial charge in [-0.2, -0.15) is 0 Å². The van der Waals surface area contributed by atoms with Gasteiger partial charge in [-0.05, 0) is 22.8 Å². The molecule has 0 aliphatic heterocycles. The van der Waals surface area contributed by atoms with Gasteiger partial charge in [0.05, 0.1) is 5.92 Å². The van der Waals surface area contributed by atoms with Crippen LogP contribution in [0.2, 0.25) is 0 Å². The first-order valence-electron chi connectivity index (χ1n) is 5.74. The molecular formula is C14H18O2. The predicted molar refractivity (Wildman–Crippen MR) is 63.3 cm³/mol. The number of hydrogen-bond acceptors (Lipinski definition) is 1. The van der Waals surface area contributed by atoms with Crippen LogP contribution >= 0.6 is 0 Å². The molecule has 1 aromatic rings. The van der Waals surface area contributed by atoms with Crippen LogP contribution in [0.4, 0.5) is 0 Å². The number of benzene rings is 1. The molecule has 0 bridgehead atoms. The average Bonchev–Trinajstić information content (AvgIpc) is 2.82. The summed E-state index contributed by atoms with van der Waals surface area (Å²) in [6.45, 7) is 6.23. The van der Waals surface area contributed by atoms with E-state index in [1.165, 1.54) is 5.56 Å². The maximum absolute atomic E-state index is 11.1. The van der Waals surface area contributed by atoms with Crippen LogP contribution in [0.1, 0.15) is 32.3 Å². The minimum Gasteiger partial charge on any atom is -0.481 e. The summed E-state index contributed by atoms with van der Waals surface area (Å²) in [6.07, 6.45) is 0. The Morgan fingerprint density at radius 3 is 2.31 bits per heavy atom. The van der Waals surface area contributed by atoms with Crippen molar-refractivity contribution in [3.05, 3.63) is 35.9 Å². The normalized spacial score (nSPS) is 28.4. The Bertz CT molecular complexity index is 394. The monoisotopic (exact) mass is 218 g/mol. The highest BCUT2D eigenvalue weighted by Gasteiger charge is 2.63. The number of carboxylic acids is 1. The van der Waals surface area contributed by atoms with Crippen molar-refractivity contribution >= 4 is 5.97 Å². The topological polar surface area (TPSA) is 37.3 Å². The molecule has 1 aromatic carbocycles. The van der Waals surface area contributed by atoms with Crippen LogP contribution in [-0.4, -0.2) is 11.1 Å². The highest BCUT2D eigenvalue weighted by atomic mass is 16.4. The molecule has 16 heavy (non-hydrogen) atoms. The van der Waals surface area contributed by atoms with Crippen molar-refractivity contribution in [1.82, 2.24) is 0 Å².